The van der Waals surface area contributed by atoms with Crippen molar-refractivity contribution < 1.29 is 20.1 Å². The minimum atomic E-state index is -1.80. The number of nitrogens with zero attached hydrogens (tertiary/aromatic N) is 1. The van der Waals surface area contributed by atoms with Crippen molar-refractivity contribution in [3.63, 3.8) is 0 Å². The van der Waals surface area contributed by atoms with E-state index in [0.717, 1.165) is 31.6 Å². The molecule has 1 aliphatic rings. The molecule has 0 radical (unpaired) electrons. The minimum absolute atomic E-state index is 0.467. The molecule has 1 aromatic rings. The van der Waals surface area contributed by atoms with E-state index < -0.39 is 18.2 Å². The van der Waals surface area contributed by atoms with Crippen molar-refractivity contribution in [1.29, 1.82) is 0 Å². The molecule has 0 spiro atoms. The van der Waals surface area contributed by atoms with Crippen molar-refractivity contribution in [2.24, 2.45) is 0 Å². The average Bonchev–Trinajstić information content (AvgIpc) is 2.90. The Labute approximate surface area is 105 Å². The number of para-hydroxylation sites is 1. The monoisotopic (exact) mass is 251 g/mol. The number of rotatable bonds is 4. The van der Waals surface area contributed by atoms with Crippen LogP contribution in [0.4, 0.5) is 5.69 Å². The molecular formula is C13H17NO4. The van der Waals surface area contributed by atoms with E-state index in [4.69, 9.17) is 5.11 Å². The lowest BCUT2D eigenvalue weighted by molar-refractivity contribution is -0.153. The fourth-order valence-corrected chi connectivity index (χ4v) is 2.29. The molecule has 3 N–H and O–H groups in total. The molecule has 0 saturated carbocycles. The number of aliphatic hydroxyl groups excluding tert-OH is 2. The van der Waals surface area contributed by atoms with E-state index in [1.807, 2.05) is 12.1 Å². The number of hydrogen-bond acceptors (Lipinski definition) is 4. The van der Waals surface area contributed by atoms with E-state index in [0.29, 0.717) is 5.56 Å². The molecule has 1 fully saturated rings. The third kappa shape index (κ3) is 2.47. The number of carboxylic acids is 1. The predicted octanol–water partition coefficient (Wildman–Crippen LogP) is 0.766. The Morgan fingerprint density at radius 2 is 1.78 bits per heavy atom. The second-order valence-corrected chi connectivity index (χ2v) is 4.48. The van der Waals surface area contributed by atoms with Crippen molar-refractivity contribution in [1.82, 2.24) is 0 Å². The molecule has 5 nitrogen and oxygen atoms in total. The quantitative estimate of drug-likeness (QED) is 0.736. The van der Waals surface area contributed by atoms with Gasteiger partial charge in [0.2, 0.25) is 0 Å². The topological polar surface area (TPSA) is 81.0 Å². The summed E-state index contributed by atoms with van der Waals surface area (Å²) in [6.45, 7) is 1.79. The highest BCUT2D eigenvalue weighted by Crippen LogP contribution is 2.30. The van der Waals surface area contributed by atoms with Gasteiger partial charge in [0, 0.05) is 24.3 Å². The number of carbonyl (C=O) groups is 1. The summed E-state index contributed by atoms with van der Waals surface area (Å²) in [5.41, 5.74) is 1.28. The summed E-state index contributed by atoms with van der Waals surface area (Å²) in [7, 11) is 0. The van der Waals surface area contributed by atoms with Gasteiger partial charge < -0.3 is 20.2 Å². The van der Waals surface area contributed by atoms with Gasteiger partial charge in [0.15, 0.2) is 6.10 Å². The summed E-state index contributed by atoms with van der Waals surface area (Å²) >= 11 is 0. The Morgan fingerprint density at radius 1 is 1.17 bits per heavy atom. The van der Waals surface area contributed by atoms with Gasteiger partial charge in [0.05, 0.1) is 0 Å². The highest BCUT2D eigenvalue weighted by molar-refractivity contribution is 5.74. The van der Waals surface area contributed by atoms with Gasteiger partial charge in [-0.2, -0.15) is 0 Å². The highest BCUT2D eigenvalue weighted by atomic mass is 16.4. The normalized spacial score (nSPS) is 18.7. The molecular weight excluding hydrogens is 234 g/mol. The van der Waals surface area contributed by atoms with Crippen LogP contribution in [0.3, 0.4) is 0 Å². The molecule has 18 heavy (non-hydrogen) atoms. The maximum Gasteiger partial charge on any atom is 0.335 e. The van der Waals surface area contributed by atoms with Gasteiger partial charge in [-0.25, -0.2) is 4.79 Å². The number of aliphatic carboxylic acids is 1. The average molecular weight is 251 g/mol. The van der Waals surface area contributed by atoms with Gasteiger partial charge in [0.1, 0.15) is 6.10 Å². The maximum absolute atomic E-state index is 10.7. The van der Waals surface area contributed by atoms with Gasteiger partial charge in [-0.1, -0.05) is 18.2 Å². The third-order valence-corrected chi connectivity index (χ3v) is 3.25. The molecule has 1 saturated heterocycles. The fourth-order valence-electron chi connectivity index (χ4n) is 2.29. The predicted molar refractivity (Wildman–Crippen MR) is 66.5 cm³/mol. The summed E-state index contributed by atoms with van der Waals surface area (Å²) in [5.74, 6) is -1.42. The molecule has 0 bridgehead atoms. The molecule has 2 unspecified atom stereocenters. The van der Waals surface area contributed by atoms with Crippen LogP contribution in [0, 0.1) is 0 Å². The Kier molecular flexibility index (Phi) is 3.84. The Balaban J connectivity index is 2.29. The van der Waals surface area contributed by atoms with Crippen molar-refractivity contribution in [2.45, 2.75) is 25.0 Å². The lowest BCUT2D eigenvalue weighted by Gasteiger charge is -2.24. The maximum atomic E-state index is 10.7. The van der Waals surface area contributed by atoms with Gasteiger partial charge >= 0.3 is 5.97 Å². The van der Waals surface area contributed by atoms with Crippen molar-refractivity contribution in [3.05, 3.63) is 29.8 Å². The SMILES string of the molecule is O=C(O)C(O)C(O)c1ccccc1N1CCCC1. The van der Waals surface area contributed by atoms with Crippen molar-refractivity contribution >= 4 is 11.7 Å². The van der Waals surface area contributed by atoms with E-state index in [1.54, 1.807) is 12.1 Å². The molecule has 0 aliphatic carbocycles. The van der Waals surface area contributed by atoms with Crippen LogP contribution < -0.4 is 4.90 Å². The second-order valence-electron chi connectivity index (χ2n) is 4.48. The third-order valence-electron chi connectivity index (χ3n) is 3.25. The van der Waals surface area contributed by atoms with Crippen molar-refractivity contribution in [2.75, 3.05) is 18.0 Å². The number of hydrogen-bond donors (Lipinski definition) is 3. The smallest absolute Gasteiger partial charge is 0.335 e. The van der Waals surface area contributed by atoms with E-state index in [2.05, 4.69) is 4.90 Å². The molecule has 1 aliphatic heterocycles. The van der Waals surface area contributed by atoms with E-state index in [9.17, 15) is 15.0 Å². The van der Waals surface area contributed by atoms with Gasteiger partial charge in [0.25, 0.3) is 0 Å². The lowest BCUT2D eigenvalue weighted by atomic mass is 10.0. The lowest BCUT2D eigenvalue weighted by Crippen LogP contribution is -2.29. The van der Waals surface area contributed by atoms with Crippen LogP contribution in [0.25, 0.3) is 0 Å². The molecule has 1 heterocycles. The number of anilines is 1. The largest absolute Gasteiger partial charge is 0.479 e. The fraction of sp³-hybridized carbons (Fsp3) is 0.462. The van der Waals surface area contributed by atoms with E-state index in [-0.39, 0.29) is 0 Å². The van der Waals surface area contributed by atoms with Gasteiger partial charge in [-0.15, -0.1) is 0 Å². The molecule has 2 rings (SSSR count). The van der Waals surface area contributed by atoms with Gasteiger partial charge in [-0.05, 0) is 18.9 Å². The Morgan fingerprint density at radius 3 is 2.39 bits per heavy atom. The van der Waals surface area contributed by atoms with E-state index >= 15 is 0 Å². The second kappa shape index (κ2) is 5.37. The molecule has 1 aromatic carbocycles. The van der Waals surface area contributed by atoms with Crippen LogP contribution in [0.5, 0.6) is 0 Å². The zero-order valence-electron chi connectivity index (χ0n) is 9.99. The number of benzene rings is 1. The first-order valence-electron chi connectivity index (χ1n) is 6.04. The van der Waals surface area contributed by atoms with Crippen LogP contribution in [0.15, 0.2) is 24.3 Å². The van der Waals surface area contributed by atoms with E-state index in [1.165, 1.54) is 0 Å². The molecule has 0 amide bonds. The molecule has 98 valence electrons. The molecule has 0 aromatic heterocycles. The van der Waals surface area contributed by atoms with Crippen LogP contribution in [0.2, 0.25) is 0 Å². The summed E-state index contributed by atoms with van der Waals surface area (Å²) in [6, 6.07) is 7.08. The van der Waals surface area contributed by atoms with Crippen LogP contribution in [-0.2, 0) is 4.79 Å². The standard InChI is InChI=1S/C13H17NO4/c15-11(12(16)13(17)18)9-5-1-2-6-10(9)14-7-3-4-8-14/h1-2,5-6,11-12,15-16H,3-4,7-8H2,(H,17,18). The first-order chi connectivity index (χ1) is 8.61. The first kappa shape index (κ1) is 12.9. The Hall–Kier alpha value is -1.59. The van der Waals surface area contributed by atoms with Crippen molar-refractivity contribution in [3.8, 4) is 0 Å². The minimum Gasteiger partial charge on any atom is -0.479 e. The highest BCUT2D eigenvalue weighted by Gasteiger charge is 2.28. The van der Waals surface area contributed by atoms with Gasteiger partial charge in [-0.3, -0.25) is 0 Å². The molecule has 2 atom stereocenters. The Bertz CT molecular complexity index is 429. The number of carboxylic acid groups (broad SMARTS) is 1. The summed E-state index contributed by atoms with van der Waals surface area (Å²) < 4.78 is 0. The molecule has 5 heteroatoms. The summed E-state index contributed by atoms with van der Waals surface area (Å²) in [4.78, 5) is 12.8. The van der Waals surface area contributed by atoms with Crippen LogP contribution in [-0.4, -0.2) is 40.5 Å². The first-order valence-corrected chi connectivity index (χ1v) is 6.04. The van der Waals surface area contributed by atoms with Crippen LogP contribution in [0.1, 0.15) is 24.5 Å². The summed E-state index contributed by atoms with van der Waals surface area (Å²) in [5, 5.41) is 28.1. The number of aliphatic hydroxyl groups is 2. The van der Waals surface area contributed by atoms with Crippen LogP contribution >= 0.6 is 0 Å². The zero-order chi connectivity index (χ0) is 13.1. The zero-order valence-corrected chi connectivity index (χ0v) is 9.99. The summed E-state index contributed by atoms with van der Waals surface area (Å²) in [6.07, 6.45) is -1.02.